The van der Waals surface area contributed by atoms with Crippen LogP contribution in [-0.4, -0.2) is 45.4 Å². The minimum absolute atomic E-state index is 0.325. The molecule has 1 unspecified atom stereocenters. The molecule has 1 atom stereocenters. The minimum atomic E-state index is -0.325. The number of hydrogen-bond donors (Lipinski definition) is 3. The van der Waals surface area contributed by atoms with Gasteiger partial charge in [0.05, 0.1) is 10.6 Å². The highest BCUT2D eigenvalue weighted by Crippen LogP contribution is 2.16. The first-order valence-corrected chi connectivity index (χ1v) is 6.59. The lowest BCUT2D eigenvalue weighted by atomic mass is 10.4. The molecule has 2 rings (SSSR count). The van der Waals surface area contributed by atoms with Gasteiger partial charge in [0.2, 0.25) is 5.95 Å². The van der Waals surface area contributed by atoms with Gasteiger partial charge in [-0.3, -0.25) is 0 Å². The Morgan fingerprint density at radius 2 is 2.33 bits per heavy atom. The van der Waals surface area contributed by atoms with E-state index in [0.29, 0.717) is 19.0 Å². The molecule has 3 N–H and O–H groups in total. The Morgan fingerprint density at radius 1 is 1.50 bits per heavy atom. The van der Waals surface area contributed by atoms with E-state index in [1.54, 1.807) is 11.4 Å². The van der Waals surface area contributed by atoms with Crippen molar-refractivity contribution < 1.29 is 5.11 Å². The first kappa shape index (κ1) is 13.3. The van der Waals surface area contributed by atoms with Gasteiger partial charge in [-0.05, 0) is 35.0 Å². The average molecular weight is 314 g/mol. The Labute approximate surface area is 114 Å². The van der Waals surface area contributed by atoms with Gasteiger partial charge in [-0.2, -0.15) is 4.98 Å². The molecular weight excluding hydrogens is 298 g/mol. The quantitative estimate of drug-likeness (QED) is 0.690. The van der Waals surface area contributed by atoms with E-state index in [1.807, 2.05) is 18.3 Å². The van der Waals surface area contributed by atoms with E-state index in [1.165, 1.54) is 0 Å². The molecular formula is C11H16BrN5O. The lowest BCUT2D eigenvalue weighted by Gasteiger charge is -2.06. The number of hydrogen-bond acceptors (Lipinski definition) is 5. The highest BCUT2D eigenvalue weighted by Gasteiger charge is 2.05. The SMILES string of the molecule is CC(O)CNCCNc1nc2c(Br)cccn2n1. The standard InChI is InChI=1S/C11H16BrN5O/c1-8(18)7-13-4-5-14-11-15-10-9(12)3-2-6-17(10)16-11/h2-3,6,8,13,18H,4-5,7H2,1H3,(H,14,16). The predicted molar refractivity (Wildman–Crippen MR) is 73.7 cm³/mol. The summed E-state index contributed by atoms with van der Waals surface area (Å²) in [5.74, 6) is 0.598. The van der Waals surface area contributed by atoms with E-state index < -0.39 is 0 Å². The second kappa shape index (κ2) is 6.12. The number of aromatic nitrogens is 3. The molecule has 0 amide bonds. The van der Waals surface area contributed by atoms with Crippen LogP contribution in [0.3, 0.4) is 0 Å². The van der Waals surface area contributed by atoms with Crippen LogP contribution in [0.4, 0.5) is 5.95 Å². The van der Waals surface area contributed by atoms with Crippen molar-refractivity contribution in [2.75, 3.05) is 25.0 Å². The minimum Gasteiger partial charge on any atom is -0.392 e. The Morgan fingerprint density at radius 3 is 3.06 bits per heavy atom. The summed E-state index contributed by atoms with van der Waals surface area (Å²) in [5, 5.41) is 19.6. The Balaban J connectivity index is 1.87. The van der Waals surface area contributed by atoms with Crippen molar-refractivity contribution in [1.29, 1.82) is 0 Å². The number of pyridine rings is 1. The topological polar surface area (TPSA) is 74.5 Å². The molecule has 0 aliphatic heterocycles. The molecule has 0 bridgehead atoms. The van der Waals surface area contributed by atoms with E-state index in [9.17, 15) is 0 Å². The number of aliphatic hydroxyl groups is 1. The zero-order valence-electron chi connectivity index (χ0n) is 10.1. The zero-order valence-corrected chi connectivity index (χ0v) is 11.7. The van der Waals surface area contributed by atoms with Crippen molar-refractivity contribution in [3.05, 3.63) is 22.8 Å². The van der Waals surface area contributed by atoms with Crippen molar-refractivity contribution >= 4 is 27.5 Å². The van der Waals surface area contributed by atoms with Crippen LogP contribution in [0, 0.1) is 0 Å². The molecule has 0 radical (unpaired) electrons. The molecule has 18 heavy (non-hydrogen) atoms. The maximum atomic E-state index is 9.08. The van der Waals surface area contributed by atoms with Crippen molar-refractivity contribution in [3.8, 4) is 0 Å². The van der Waals surface area contributed by atoms with Gasteiger partial charge in [0.25, 0.3) is 0 Å². The molecule has 0 aliphatic carbocycles. The normalized spacial score (nSPS) is 12.8. The third-order valence-electron chi connectivity index (χ3n) is 2.34. The summed E-state index contributed by atoms with van der Waals surface area (Å²) >= 11 is 3.43. The molecule has 2 aromatic rings. The van der Waals surface area contributed by atoms with Gasteiger partial charge in [-0.1, -0.05) is 0 Å². The second-order valence-corrected chi connectivity index (χ2v) is 4.89. The smallest absolute Gasteiger partial charge is 0.243 e. The van der Waals surface area contributed by atoms with Crippen LogP contribution in [0.1, 0.15) is 6.92 Å². The Kier molecular flexibility index (Phi) is 4.51. The number of nitrogens with one attached hydrogen (secondary N) is 2. The predicted octanol–water partition coefficient (Wildman–Crippen LogP) is 0.874. The molecule has 0 aromatic carbocycles. The third kappa shape index (κ3) is 3.41. The Bertz CT molecular complexity index is 513. The van der Waals surface area contributed by atoms with Crippen LogP contribution in [0.5, 0.6) is 0 Å². The van der Waals surface area contributed by atoms with Gasteiger partial charge in [-0.15, -0.1) is 5.10 Å². The number of halogens is 1. The average Bonchev–Trinajstić information content (AvgIpc) is 2.72. The summed E-state index contributed by atoms with van der Waals surface area (Å²) in [6.45, 7) is 3.80. The number of fused-ring (bicyclic) bond motifs is 1. The summed E-state index contributed by atoms with van der Waals surface area (Å²) in [7, 11) is 0. The maximum absolute atomic E-state index is 9.08. The third-order valence-corrected chi connectivity index (χ3v) is 2.96. The fourth-order valence-electron chi connectivity index (χ4n) is 1.52. The monoisotopic (exact) mass is 313 g/mol. The molecule has 0 fully saturated rings. The maximum Gasteiger partial charge on any atom is 0.243 e. The number of anilines is 1. The molecule has 7 heteroatoms. The molecule has 0 spiro atoms. The highest BCUT2D eigenvalue weighted by molar-refractivity contribution is 9.10. The van der Waals surface area contributed by atoms with Gasteiger partial charge in [-0.25, -0.2) is 4.52 Å². The molecule has 98 valence electrons. The van der Waals surface area contributed by atoms with Crippen molar-refractivity contribution in [3.63, 3.8) is 0 Å². The van der Waals surface area contributed by atoms with Crippen molar-refractivity contribution in [2.24, 2.45) is 0 Å². The summed E-state index contributed by atoms with van der Waals surface area (Å²) in [6, 6.07) is 3.83. The molecule has 0 saturated carbocycles. The second-order valence-electron chi connectivity index (χ2n) is 4.04. The van der Waals surface area contributed by atoms with Gasteiger partial charge < -0.3 is 15.7 Å². The first-order valence-electron chi connectivity index (χ1n) is 5.80. The van der Waals surface area contributed by atoms with Gasteiger partial charge in [0, 0.05) is 25.8 Å². The largest absolute Gasteiger partial charge is 0.392 e. The van der Waals surface area contributed by atoms with Crippen LogP contribution in [-0.2, 0) is 0 Å². The molecule has 2 aromatic heterocycles. The Hall–Kier alpha value is -1.18. The number of rotatable bonds is 6. The van der Waals surface area contributed by atoms with Gasteiger partial charge in [0.15, 0.2) is 5.65 Å². The van der Waals surface area contributed by atoms with Gasteiger partial charge in [0.1, 0.15) is 0 Å². The summed E-state index contributed by atoms with van der Waals surface area (Å²) in [6.07, 6.45) is 1.53. The molecule has 2 heterocycles. The zero-order chi connectivity index (χ0) is 13.0. The molecule has 6 nitrogen and oxygen atoms in total. The lowest BCUT2D eigenvalue weighted by molar-refractivity contribution is 0.192. The van der Waals surface area contributed by atoms with Crippen LogP contribution in [0.15, 0.2) is 22.8 Å². The van der Waals surface area contributed by atoms with Crippen LogP contribution >= 0.6 is 15.9 Å². The van der Waals surface area contributed by atoms with Crippen molar-refractivity contribution in [2.45, 2.75) is 13.0 Å². The number of aliphatic hydroxyl groups excluding tert-OH is 1. The van der Waals surface area contributed by atoms with Crippen LogP contribution < -0.4 is 10.6 Å². The van der Waals surface area contributed by atoms with Crippen LogP contribution in [0.25, 0.3) is 5.65 Å². The summed E-state index contributed by atoms with van der Waals surface area (Å²) in [5.41, 5.74) is 0.789. The van der Waals surface area contributed by atoms with E-state index >= 15 is 0 Å². The summed E-state index contributed by atoms with van der Waals surface area (Å²) in [4.78, 5) is 4.36. The van der Waals surface area contributed by atoms with E-state index in [2.05, 4.69) is 36.6 Å². The van der Waals surface area contributed by atoms with Crippen molar-refractivity contribution in [1.82, 2.24) is 19.9 Å². The van der Waals surface area contributed by atoms with Gasteiger partial charge >= 0.3 is 0 Å². The van der Waals surface area contributed by atoms with E-state index in [-0.39, 0.29) is 6.10 Å². The molecule has 0 aliphatic rings. The fourth-order valence-corrected chi connectivity index (χ4v) is 1.95. The first-order chi connectivity index (χ1) is 8.66. The highest BCUT2D eigenvalue weighted by atomic mass is 79.9. The summed E-state index contributed by atoms with van der Waals surface area (Å²) < 4.78 is 2.63. The number of nitrogens with zero attached hydrogens (tertiary/aromatic N) is 3. The van der Waals surface area contributed by atoms with E-state index in [0.717, 1.165) is 16.7 Å². The molecule has 0 saturated heterocycles. The fraction of sp³-hybridized carbons (Fsp3) is 0.455. The van der Waals surface area contributed by atoms with E-state index in [4.69, 9.17) is 5.11 Å². The van der Waals surface area contributed by atoms with Crippen LogP contribution in [0.2, 0.25) is 0 Å². The lowest BCUT2D eigenvalue weighted by Crippen LogP contribution is -2.29.